The Morgan fingerprint density at radius 3 is 2.50 bits per heavy atom. The smallest absolute Gasteiger partial charge is 0.165 e. The standard InChI is InChI=1S/C8H10O2/c9-4-7-5-1-2-6(3-5)8(7)10/h4-6,9H,1-3H2/b7-4+. The summed E-state index contributed by atoms with van der Waals surface area (Å²) in [5, 5.41) is 8.68. The summed E-state index contributed by atoms with van der Waals surface area (Å²) in [6.45, 7) is 0. The molecule has 0 aliphatic heterocycles. The highest BCUT2D eigenvalue weighted by Gasteiger charge is 2.42. The molecular formula is C8H10O2. The molecule has 0 spiro atoms. The summed E-state index contributed by atoms with van der Waals surface area (Å²) >= 11 is 0. The molecule has 2 unspecified atom stereocenters. The zero-order valence-corrected chi connectivity index (χ0v) is 5.71. The van der Waals surface area contributed by atoms with E-state index in [0.717, 1.165) is 25.5 Å². The fourth-order valence-electron chi connectivity index (χ4n) is 2.11. The lowest BCUT2D eigenvalue weighted by Gasteiger charge is -2.09. The largest absolute Gasteiger partial charge is 0.515 e. The van der Waals surface area contributed by atoms with E-state index in [4.69, 9.17) is 5.11 Å². The number of allylic oxidation sites excluding steroid dienone is 1. The summed E-state index contributed by atoms with van der Waals surface area (Å²) in [5.74, 6) is 0.838. The van der Waals surface area contributed by atoms with Gasteiger partial charge in [-0.25, -0.2) is 0 Å². The fraction of sp³-hybridized carbons (Fsp3) is 0.625. The van der Waals surface area contributed by atoms with Crippen molar-refractivity contribution in [3.05, 3.63) is 11.8 Å². The minimum Gasteiger partial charge on any atom is -0.515 e. The van der Waals surface area contributed by atoms with Crippen LogP contribution in [0.1, 0.15) is 19.3 Å². The molecule has 1 N–H and O–H groups in total. The molecule has 0 saturated heterocycles. The van der Waals surface area contributed by atoms with Crippen LogP contribution in [0.25, 0.3) is 0 Å². The summed E-state index contributed by atoms with van der Waals surface area (Å²) in [5.41, 5.74) is 0.677. The van der Waals surface area contributed by atoms with Gasteiger partial charge in [0.15, 0.2) is 5.78 Å². The van der Waals surface area contributed by atoms with Crippen LogP contribution < -0.4 is 0 Å². The maximum atomic E-state index is 11.2. The van der Waals surface area contributed by atoms with Crippen LogP contribution in [0.5, 0.6) is 0 Å². The first kappa shape index (κ1) is 5.96. The average Bonchev–Trinajstić information content (AvgIpc) is 2.46. The van der Waals surface area contributed by atoms with Crippen molar-refractivity contribution in [1.82, 2.24) is 0 Å². The van der Waals surface area contributed by atoms with Crippen molar-refractivity contribution >= 4 is 5.78 Å². The predicted molar refractivity (Wildman–Crippen MR) is 36.5 cm³/mol. The third-order valence-electron chi connectivity index (χ3n) is 2.67. The molecule has 2 rings (SSSR count). The maximum Gasteiger partial charge on any atom is 0.165 e. The van der Waals surface area contributed by atoms with E-state index in [2.05, 4.69) is 0 Å². The molecule has 2 bridgehead atoms. The molecule has 0 heterocycles. The summed E-state index contributed by atoms with van der Waals surface area (Å²) < 4.78 is 0. The van der Waals surface area contributed by atoms with Crippen molar-refractivity contribution < 1.29 is 9.90 Å². The number of carbonyl (C=O) groups excluding carboxylic acids is 1. The second-order valence-electron chi connectivity index (χ2n) is 3.16. The number of hydrogen-bond donors (Lipinski definition) is 1. The van der Waals surface area contributed by atoms with Gasteiger partial charge < -0.3 is 5.11 Å². The highest BCUT2D eigenvalue weighted by Crippen LogP contribution is 2.45. The van der Waals surface area contributed by atoms with Gasteiger partial charge in [-0.3, -0.25) is 4.79 Å². The Labute approximate surface area is 59.5 Å². The summed E-state index contributed by atoms with van der Waals surface area (Å²) in [7, 11) is 0. The number of rotatable bonds is 0. The molecule has 2 heteroatoms. The maximum absolute atomic E-state index is 11.2. The zero-order valence-electron chi connectivity index (χ0n) is 5.71. The van der Waals surface area contributed by atoms with Gasteiger partial charge in [-0.2, -0.15) is 0 Å². The van der Waals surface area contributed by atoms with Gasteiger partial charge in [-0.15, -0.1) is 0 Å². The van der Waals surface area contributed by atoms with Crippen LogP contribution in [-0.4, -0.2) is 10.9 Å². The number of aliphatic hydroxyl groups is 1. The van der Waals surface area contributed by atoms with Crippen molar-refractivity contribution in [3.63, 3.8) is 0 Å². The Bertz CT molecular complexity index is 205. The van der Waals surface area contributed by atoms with Gasteiger partial charge in [0.2, 0.25) is 0 Å². The first-order valence-electron chi connectivity index (χ1n) is 3.71. The van der Waals surface area contributed by atoms with Crippen LogP contribution in [0.2, 0.25) is 0 Å². The van der Waals surface area contributed by atoms with E-state index in [9.17, 15) is 4.79 Å². The average molecular weight is 138 g/mol. The summed E-state index contributed by atoms with van der Waals surface area (Å²) in [6, 6.07) is 0. The molecule has 2 aliphatic carbocycles. The van der Waals surface area contributed by atoms with Gasteiger partial charge in [0.25, 0.3) is 0 Å². The van der Waals surface area contributed by atoms with Crippen molar-refractivity contribution in [1.29, 1.82) is 0 Å². The highest BCUT2D eigenvalue weighted by atomic mass is 16.2. The van der Waals surface area contributed by atoms with Crippen molar-refractivity contribution in [3.8, 4) is 0 Å². The van der Waals surface area contributed by atoms with Crippen molar-refractivity contribution in [2.24, 2.45) is 11.8 Å². The van der Waals surface area contributed by atoms with Crippen molar-refractivity contribution in [2.75, 3.05) is 0 Å². The number of hydrogen-bond acceptors (Lipinski definition) is 2. The molecule has 10 heavy (non-hydrogen) atoms. The summed E-state index contributed by atoms with van der Waals surface area (Å²) in [6.07, 6.45) is 4.14. The molecule has 0 amide bonds. The first-order chi connectivity index (χ1) is 4.83. The molecule has 0 aromatic heterocycles. The van der Waals surface area contributed by atoms with E-state index < -0.39 is 0 Å². The van der Waals surface area contributed by atoms with Crippen LogP contribution in [0.3, 0.4) is 0 Å². The van der Waals surface area contributed by atoms with Crippen LogP contribution >= 0.6 is 0 Å². The Morgan fingerprint density at radius 2 is 2.10 bits per heavy atom. The van der Waals surface area contributed by atoms with Crippen LogP contribution in [0.15, 0.2) is 11.8 Å². The van der Waals surface area contributed by atoms with E-state index in [0.29, 0.717) is 11.5 Å². The monoisotopic (exact) mass is 138 g/mol. The van der Waals surface area contributed by atoms with Crippen LogP contribution in [0.4, 0.5) is 0 Å². The lowest BCUT2D eigenvalue weighted by atomic mass is 9.95. The van der Waals surface area contributed by atoms with E-state index in [1.165, 1.54) is 0 Å². The number of aliphatic hydroxyl groups excluding tert-OH is 1. The lowest BCUT2D eigenvalue weighted by molar-refractivity contribution is -0.118. The van der Waals surface area contributed by atoms with Crippen LogP contribution in [-0.2, 0) is 4.79 Å². The number of fused-ring (bicyclic) bond motifs is 2. The predicted octanol–water partition coefficient (Wildman–Crippen LogP) is 1.43. The SMILES string of the molecule is O=C1/C(=C/O)C2CCC1C2. The van der Waals surface area contributed by atoms with Gasteiger partial charge in [0, 0.05) is 11.5 Å². The van der Waals surface area contributed by atoms with E-state index in [1.807, 2.05) is 0 Å². The normalized spacial score (nSPS) is 41.6. The molecule has 2 atom stereocenters. The molecule has 2 nitrogen and oxygen atoms in total. The van der Waals surface area contributed by atoms with Gasteiger partial charge in [0.1, 0.15) is 0 Å². The Hall–Kier alpha value is -0.790. The minimum atomic E-state index is 0.193. The highest BCUT2D eigenvalue weighted by molar-refractivity contribution is 6.00. The first-order valence-corrected chi connectivity index (χ1v) is 3.71. The zero-order chi connectivity index (χ0) is 7.14. The number of Topliss-reactive ketones (excluding diaryl/α,β-unsaturated/α-hetero) is 1. The van der Waals surface area contributed by atoms with Gasteiger partial charge in [0.05, 0.1) is 6.26 Å². The molecule has 0 aromatic rings. The number of carbonyl (C=O) groups is 1. The van der Waals surface area contributed by atoms with Crippen LogP contribution in [0, 0.1) is 11.8 Å². The Balaban J connectivity index is 2.33. The molecule has 2 saturated carbocycles. The second kappa shape index (κ2) is 1.84. The molecule has 0 aromatic carbocycles. The van der Waals surface area contributed by atoms with E-state index >= 15 is 0 Å². The third kappa shape index (κ3) is 0.564. The van der Waals surface area contributed by atoms with E-state index in [-0.39, 0.29) is 11.7 Å². The topological polar surface area (TPSA) is 37.3 Å². The molecule has 54 valence electrons. The molecular weight excluding hydrogens is 128 g/mol. The molecule has 2 fully saturated rings. The Morgan fingerprint density at radius 1 is 1.40 bits per heavy atom. The quantitative estimate of drug-likeness (QED) is 0.406. The van der Waals surface area contributed by atoms with E-state index in [1.54, 1.807) is 0 Å². The fourth-order valence-corrected chi connectivity index (χ4v) is 2.11. The van der Waals surface area contributed by atoms with Gasteiger partial charge in [-0.05, 0) is 25.2 Å². The minimum absolute atomic E-state index is 0.193. The Kier molecular flexibility index (Phi) is 1.10. The third-order valence-corrected chi connectivity index (χ3v) is 2.67. The molecule has 0 radical (unpaired) electrons. The van der Waals surface area contributed by atoms with Gasteiger partial charge in [-0.1, -0.05) is 0 Å². The summed E-state index contributed by atoms with van der Waals surface area (Å²) in [4.78, 5) is 11.2. The lowest BCUT2D eigenvalue weighted by Crippen LogP contribution is -2.11. The van der Waals surface area contributed by atoms with Gasteiger partial charge >= 0.3 is 0 Å². The van der Waals surface area contributed by atoms with Crippen molar-refractivity contribution in [2.45, 2.75) is 19.3 Å². The second-order valence-corrected chi connectivity index (χ2v) is 3.16. The molecule has 2 aliphatic rings. The number of ketones is 1.